The Kier molecular flexibility index (Phi) is 4.62. The molecule has 0 bridgehead atoms. The molecule has 0 radical (unpaired) electrons. The normalized spacial score (nSPS) is 12.2. The molecular formula is C17H15BrN2O3. The van der Waals surface area contributed by atoms with Crippen LogP contribution in [0.5, 0.6) is 5.75 Å². The highest BCUT2D eigenvalue weighted by Gasteiger charge is 2.13. The molecule has 0 unspecified atom stereocenters. The first-order valence-corrected chi connectivity index (χ1v) is 8.00. The molecule has 3 rings (SSSR count). The second-order valence-corrected chi connectivity index (χ2v) is 6.14. The molecule has 23 heavy (non-hydrogen) atoms. The molecule has 0 atom stereocenters. The monoisotopic (exact) mass is 374 g/mol. The van der Waals surface area contributed by atoms with Crippen molar-refractivity contribution in [3.63, 3.8) is 0 Å². The van der Waals surface area contributed by atoms with E-state index in [9.17, 15) is 9.59 Å². The number of fused-ring (bicyclic) bond motifs is 1. The van der Waals surface area contributed by atoms with Gasteiger partial charge in [-0.25, -0.2) is 0 Å². The minimum absolute atomic E-state index is 0.202. The molecule has 6 heteroatoms. The summed E-state index contributed by atoms with van der Waals surface area (Å²) in [7, 11) is 0. The summed E-state index contributed by atoms with van der Waals surface area (Å²) in [5, 5.41) is 0. The molecule has 118 valence electrons. The number of hydrazine groups is 1. The Morgan fingerprint density at radius 2 is 1.87 bits per heavy atom. The minimum Gasteiger partial charge on any atom is -0.493 e. The van der Waals surface area contributed by atoms with Gasteiger partial charge in [0.25, 0.3) is 5.91 Å². The van der Waals surface area contributed by atoms with Crippen molar-refractivity contribution in [3.8, 4) is 5.75 Å². The quantitative estimate of drug-likeness (QED) is 0.810. The smallest absolute Gasteiger partial charge is 0.269 e. The Hall–Kier alpha value is -2.34. The number of benzene rings is 2. The van der Waals surface area contributed by atoms with E-state index in [4.69, 9.17) is 4.74 Å². The highest BCUT2D eigenvalue weighted by Crippen LogP contribution is 2.25. The topological polar surface area (TPSA) is 67.4 Å². The van der Waals surface area contributed by atoms with E-state index in [0.717, 1.165) is 27.8 Å². The molecule has 1 aliphatic rings. The minimum atomic E-state index is -0.354. The van der Waals surface area contributed by atoms with Crippen LogP contribution >= 0.6 is 15.9 Å². The van der Waals surface area contributed by atoms with Gasteiger partial charge in [-0.2, -0.15) is 0 Å². The number of ether oxygens (including phenoxy) is 1. The van der Waals surface area contributed by atoms with Crippen LogP contribution in [-0.4, -0.2) is 18.4 Å². The number of hydrogen-bond donors (Lipinski definition) is 2. The average molecular weight is 375 g/mol. The summed E-state index contributed by atoms with van der Waals surface area (Å²) in [5.74, 6) is 0.264. The van der Waals surface area contributed by atoms with Crippen LogP contribution < -0.4 is 15.6 Å². The van der Waals surface area contributed by atoms with Gasteiger partial charge in [-0.05, 0) is 41.5 Å². The van der Waals surface area contributed by atoms with Crippen LogP contribution in [0.25, 0.3) is 0 Å². The zero-order chi connectivity index (χ0) is 16.2. The third-order valence-electron chi connectivity index (χ3n) is 3.54. The molecule has 2 amide bonds. The van der Waals surface area contributed by atoms with Gasteiger partial charge in [-0.15, -0.1) is 0 Å². The number of hydrogen-bond acceptors (Lipinski definition) is 3. The van der Waals surface area contributed by atoms with Gasteiger partial charge in [-0.1, -0.05) is 28.1 Å². The summed E-state index contributed by atoms with van der Waals surface area (Å²) in [6.07, 6.45) is 1.07. The van der Waals surface area contributed by atoms with Crippen LogP contribution in [0.15, 0.2) is 46.9 Å². The van der Waals surface area contributed by atoms with Crippen LogP contribution in [0.3, 0.4) is 0 Å². The average Bonchev–Trinajstić information content (AvgIpc) is 3.01. The molecule has 5 nitrogen and oxygen atoms in total. The Morgan fingerprint density at radius 1 is 1.09 bits per heavy atom. The van der Waals surface area contributed by atoms with Crippen LogP contribution in [0, 0.1) is 0 Å². The summed E-state index contributed by atoms with van der Waals surface area (Å²) in [6, 6.07) is 12.6. The first-order chi connectivity index (χ1) is 11.1. The van der Waals surface area contributed by atoms with E-state index in [1.807, 2.05) is 18.2 Å². The maximum absolute atomic E-state index is 11.9. The van der Waals surface area contributed by atoms with Crippen molar-refractivity contribution in [3.05, 3.63) is 63.6 Å². The van der Waals surface area contributed by atoms with Gasteiger partial charge in [0, 0.05) is 16.5 Å². The fraction of sp³-hybridized carbons (Fsp3) is 0.176. The largest absolute Gasteiger partial charge is 0.493 e. The highest BCUT2D eigenvalue weighted by atomic mass is 79.9. The Morgan fingerprint density at radius 3 is 2.65 bits per heavy atom. The Balaban J connectivity index is 1.53. The van der Waals surface area contributed by atoms with E-state index in [1.165, 1.54) is 0 Å². The lowest BCUT2D eigenvalue weighted by Crippen LogP contribution is -2.42. The van der Waals surface area contributed by atoms with Crippen molar-refractivity contribution in [1.29, 1.82) is 0 Å². The first kappa shape index (κ1) is 15.6. The highest BCUT2D eigenvalue weighted by molar-refractivity contribution is 9.10. The van der Waals surface area contributed by atoms with Gasteiger partial charge in [0.2, 0.25) is 5.91 Å². The van der Waals surface area contributed by atoms with Crippen molar-refractivity contribution < 1.29 is 14.3 Å². The SMILES string of the molecule is O=C(Cc1ccc2c(c1)CCO2)NNC(=O)c1ccc(Br)cc1. The van der Waals surface area contributed by atoms with Gasteiger partial charge in [0.15, 0.2) is 0 Å². The van der Waals surface area contributed by atoms with Crippen LogP contribution in [0.4, 0.5) is 0 Å². The van der Waals surface area contributed by atoms with Gasteiger partial charge < -0.3 is 4.74 Å². The van der Waals surface area contributed by atoms with E-state index >= 15 is 0 Å². The molecule has 0 saturated carbocycles. The first-order valence-electron chi connectivity index (χ1n) is 7.21. The number of rotatable bonds is 3. The van der Waals surface area contributed by atoms with Gasteiger partial charge in [0.05, 0.1) is 13.0 Å². The number of halogens is 1. The summed E-state index contributed by atoms with van der Waals surface area (Å²) >= 11 is 3.30. The van der Waals surface area contributed by atoms with Crippen molar-refractivity contribution in [2.24, 2.45) is 0 Å². The second-order valence-electron chi connectivity index (χ2n) is 5.23. The zero-order valence-electron chi connectivity index (χ0n) is 12.3. The number of carbonyl (C=O) groups excluding carboxylic acids is 2. The van der Waals surface area contributed by atoms with Crippen LogP contribution in [0.1, 0.15) is 21.5 Å². The zero-order valence-corrected chi connectivity index (χ0v) is 13.9. The summed E-state index contributed by atoms with van der Waals surface area (Å²) in [4.78, 5) is 23.8. The van der Waals surface area contributed by atoms with Crippen LogP contribution in [0.2, 0.25) is 0 Å². The molecular weight excluding hydrogens is 360 g/mol. The molecule has 2 aromatic rings. The fourth-order valence-corrected chi connectivity index (χ4v) is 2.64. The Bertz CT molecular complexity index is 744. The summed E-state index contributed by atoms with van der Waals surface area (Å²) < 4.78 is 6.32. The predicted molar refractivity (Wildman–Crippen MR) is 89.1 cm³/mol. The van der Waals surface area contributed by atoms with E-state index < -0.39 is 0 Å². The third kappa shape index (κ3) is 3.90. The fourth-order valence-electron chi connectivity index (χ4n) is 2.38. The van der Waals surface area contributed by atoms with Crippen molar-refractivity contribution >= 4 is 27.7 Å². The van der Waals surface area contributed by atoms with Gasteiger partial charge in [0.1, 0.15) is 5.75 Å². The van der Waals surface area contributed by atoms with Gasteiger partial charge >= 0.3 is 0 Å². The molecule has 0 aliphatic carbocycles. The number of amides is 2. The molecule has 0 saturated heterocycles. The maximum atomic E-state index is 11.9. The Labute approximate surface area is 142 Å². The number of carbonyl (C=O) groups is 2. The standard InChI is InChI=1S/C17H15BrN2O3/c18-14-4-2-12(3-5-14)17(22)20-19-16(21)10-11-1-6-15-13(9-11)7-8-23-15/h1-6,9H,7-8,10H2,(H,19,21)(H,20,22). The van der Waals surface area contributed by atoms with E-state index in [-0.39, 0.29) is 18.2 Å². The van der Waals surface area contributed by atoms with Gasteiger partial charge in [-0.3, -0.25) is 20.4 Å². The predicted octanol–water partition coefficient (Wildman–Crippen LogP) is 2.39. The summed E-state index contributed by atoms with van der Waals surface area (Å²) in [6.45, 7) is 0.689. The van der Waals surface area contributed by atoms with E-state index in [0.29, 0.717) is 12.2 Å². The number of nitrogens with one attached hydrogen (secondary N) is 2. The lowest BCUT2D eigenvalue weighted by molar-refractivity contribution is -0.121. The molecule has 0 fully saturated rings. The van der Waals surface area contributed by atoms with Crippen molar-refractivity contribution in [2.75, 3.05) is 6.61 Å². The lowest BCUT2D eigenvalue weighted by Gasteiger charge is -2.08. The molecule has 0 aromatic heterocycles. The second kappa shape index (κ2) is 6.83. The van der Waals surface area contributed by atoms with Crippen molar-refractivity contribution in [1.82, 2.24) is 10.9 Å². The maximum Gasteiger partial charge on any atom is 0.269 e. The summed E-state index contributed by atoms with van der Waals surface area (Å²) in [5.41, 5.74) is 7.33. The van der Waals surface area contributed by atoms with Crippen LogP contribution in [-0.2, 0) is 17.6 Å². The molecule has 2 N–H and O–H groups in total. The molecule has 2 aromatic carbocycles. The molecule has 0 spiro atoms. The van der Waals surface area contributed by atoms with E-state index in [1.54, 1.807) is 24.3 Å². The third-order valence-corrected chi connectivity index (χ3v) is 4.07. The lowest BCUT2D eigenvalue weighted by atomic mass is 10.1. The molecule has 1 heterocycles. The van der Waals surface area contributed by atoms with Crippen molar-refractivity contribution in [2.45, 2.75) is 12.8 Å². The molecule has 1 aliphatic heterocycles. The van der Waals surface area contributed by atoms with E-state index in [2.05, 4.69) is 26.8 Å².